The second-order valence-corrected chi connectivity index (χ2v) is 10.1. The third-order valence-corrected chi connectivity index (χ3v) is 8.01. The smallest absolute Gasteiger partial charge is 0.336 e. The van der Waals surface area contributed by atoms with Crippen molar-refractivity contribution in [2.45, 2.75) is 65.1 Å². The van der Waals surface area contributed by atoms with Crippen LogP contribution in [-0.4, -0.2) is 28.5 Å². The van der Waals surface area contributed by atoms with E-state index in [1.54, 1.807) is 12.1 Å². The minimum Gasteiger partial charge on any atom is -0.493 e. The fourth-order valence-corrected chi connectivity index (χ4v) is 6.20. The molecule has 0 spiro atoms. The SMILES string of the molecule is CC1(C)[C@H](O)CC[C@@]2(C)[C@H]1CC[C@](C)(O)[C@H]2COc1ccc2ccc(=O)oc2c1. The van der Waals surface area contributed by atoms with Crippen LogP contribution < -0.4 is 10.4 Å². The Labute approximate surface area is 171 Å². The average Bonchev–Trinajstić information content (AvgIpc) is 2.64. The third-order valence-electron chi connectivity index (χ3n) is 8.01. The summed E-state index contributed by atoms with van der Waals surface area (Å²) in [5, 5.41) is 22.7. The molecule has 4 rings (SSSR count). The quantitative estimate of drug-likeness (QED) is 0.757. The Bertz CT molecular complexity index is 959. The summed E-state index contributed by atoms with van der Waals surface area (Å²) >= 11 is 0. The molecule has 5 nitrogen and oxygen atoms in total. The summed E-state index contributed by atoms with van der Waals surface area (Å²) < 4.78 is 11.4. The van der Waals surface area contributed by atoms with E-state index in [4.69, 9.17) is 9.15 Å². The van der Waals surface area contributed by atoms with Gasteiger partial charge in [-0.1, -0.05) is 20.8 Å². The van der Waals surface area contributed by atoms with Crippen LogP contribution in [0.3, 0.4) is 0 Å². The molecule has 2 fully saturated rings. The molecule has 2 N–H and O–H groups in total. The molecule has 1 aromatic heterocycles. The predicted molar refractivity (Wildman–Crippen MR) is 112 cm³/mol. The summed E-state index contributed by atoms with van der Waals surface area (Å²) in [6.07, 6.45) is 2.91. The van der Waals surface area contributed by atoms with E-state index >= 15 is 0 Å². The fraction of sp³-hybridized carbons (Fsp3) is 0.625. The summed E-state index contributed by atoms with van der Waals surface area (Å²) in [6.45, 7) is 8.87. The van der Waals surface area contributed by atoms with E-state index in [2.05, 4.69) is 20.8 Å². The van der Waals surface area contributed by atoms with E-state index in [-0.39, 0.29) is 28.5 Å². The van der Waals surface area contributed by atoms with Gasteiger partial charge in [-0.05, 0) is 67.6 Å². The molecule has 0 unspecified atom stereocenters. The third kappa shape index (κ3) is 3.38. The molecule has 0 radical (unpaired) electrons. The van der Waals surface area contributed by atoms with Gasteiger partial charge in [-0.25, -0.2) is 4.79 Å². The van der Waals surface area contributed by atoms with E-state index < -0.39 is 5.60 Å². The van der Waals surface area contributed by atoms with Crippen molar-refractivity contribution < 1.29 is 19.4 Å². The van der Waals surface area contributed by atoms with E-state index in [0.717, 1.165) is 24.6 Å². The van der Waals surface area contributed by atoms with Gasteiger partial charge in [0.25, 0.3) is 0 Å². The van der Waals surface area contributed by atoms with Crippen LogP contribution in [0.2, 0.25) is 0 Å². The van der Waals surface area contributed by atoms with Gasteiger partial charge in [-0.3, -0.25) is 0 Å². The van der Waals surface area contributed by atoms with Crippen LogP contribution >= 0.6 is 0 Å². The van der Waals surface area contributed by atoms with Gasteiger partial charge in [0.15, 0.2) is 0 Å². The molecule has 5 atom stereocenters. The van der Waals surface area contributed by atoms with Crippen LogP contribution in [-0.2, 0) is 0 Å². The molecule has 2 aliphatic rings. The maximum absolute atomic E-state index is 11.5. The van der Waals surface area contributed by atoms with Gasteiger partial charge in [0.2, 0.25) is 0 Å². The highest BCUT2D eigenvalue weighted by Crippen LogP contribution is 2.61. The van der Waals surface area contributed by atoms with Gasteiger partial charge in [0, 0.05) is 23.4 Å². The fourth-order valence-electron chi connectivity index (χ4n) is 6.20. The number of hydrogen-bond donors (Lipinski definition) is 2. The molecular weight excluding hydrogens is 368 g/mol. The first-order chi connectivity index (χ1) is 13.5. The lowest BCUT2D eigenvalue weighted by Gasteiger charge is -2.62. The Hall–Kier alpha value is -1.85. The standard InChI is InChI=1S/C24H32O5/c1-22(2)18-9-12-24(4,27)19(23(18,3)11-10-20(22)25)14-28-16-7-5-15-6-8-21(26)29-17(15)13-16/h5-8,13,18-20,25,27H,9-12,14H2,1-4H3/t18-,19-,20+,23-,24-/m0/s1. The summed E-state index contributed by atoms with van der Waals surface area (Å²) in [4.78, 5) is 11.5. The highest BCUT2D eigenvalue weighted by Gasteiger charge is 2.60. The predicted octanol–water partition coefficient (Wildman–Crippen LogP) is 4.14. The molecular formula is C24H32O5. The zero-order valence-corrected chi connectivity index (χ0v) is 17.8. The van der Waals surface area contributed by atoms with Crippen molar-refractivity contribution in [3.05, 3.63) is 40.8 Å². The lowest BCUT2D eigenvalue weighted by molar-refractivity contribution is -0.201. The van der Waals surface area contributed by atoms with E-state index in [0.29, 0.717) is 30.3 Å². The van der Waals surface area contributed by atoms with Crippen molar-refractivity contribution in [3.8, 4) is 5.75 Å². The van der Waals surface area contributed by atoms with Crippen molar-refractivity contribution >= 4 is 11.0 Å². The molecule has 158 valence electrons. The zero-order chi connectivity index (χ0) is 21.0. The second-order valence-electron chi connectivity index (χ2n) is 10.1. The lowest BCUT2D eigenvalue weighted by atomic mass is 9.45. The molecule has 29 heavy (non-hydrogen) atoms. The first-order valence-corrected chi connectivity index (χ1v) is 10.6. The molecule has 5 heteroatoms. The Kier molecular flexibility index (Phi) is 4.82. The number of aliphatic hydroxyl groups excluding tert-OH is 1. The van der Waals surface area contributed by atoms with E-state index in [9.17, 15) is 15.0 Å². The summed E-state index contributed by atoms with van der Waals surface area (Å²) in [6, 6.07) is 8.62. The molecule has 1 heterocycles. The van der Waals surface area contributed by atoms with Crippen molar-refractivity contribution in [2.75, 3.05) is 6.61 Å². The number of benzene rings is 1. The van der Waals surface area contributed by atoms with Gasteiger partial charge in [0.05, 0.1) is 18.3 Å². The largest absolute Gasteiger partial charge is 0.493 e. The number of rotatable bonds is 3. The highest BCUT2D eigenvalue weighted by atomic mass is 16.5. The monoisotopic (exact) mass is 400 g/mol. The van der Waals surface area contributed by atoms with E-state index in [1.807, 2.05) is 19.1 Å². The second kappa shape index (κ2) is 6.85. The molecule has 2 saturated carbocycles. The van der Waals surface area contributed by atoms with Crippen LogP contribution in [0.5, 0.6) is 5.75 Å². The normalized spacial score (nSPS) is 36.6. The van der Waals surface area contributed by atoms with Crippen LogP contribution in [0, 0.1) is 22.7 Å². The topological polar surface area (TPSA) is 79.9 Å². The molecule has 0 aliphatic heterocycles. The van der Waals surface area contributed by atoms with E-state index in [1.165, 1.54) is 6.07 Å². The van der Waals surface area contributed by atoms with Crippen molar-refractivity contribution in [3.63, 3.8) is 0 Å². The van der Waals surface area contributed by atoms with Gasteiger partial charge < -0.3 is 19.4 Å². The maximum Gasteiger partial charge on any atom is 0.336 e. The number of hydrogen-bond acceptors (Lipinski definition) is 5. The molecule has 0 bridgehead atoms. The Balaban J connectivity index is 1.61. The van der Waals surface area contributed by atoms with Gasteiger partial charge in [0.1, 0.15) is 11.3 Å². The average molecular weight is 401 g/mol. The molecule has 0 saturated heterocycles. The van der Waals surface area contributed by atoms with Crippen LogP contribution in [0.1, 0.15) is 53.4 Å². The van der Waals surface area contributed by atoms with Crippen molar-refractivity contribution in [1.82, 2.24) is 0 Å². The number of aliphatic hydroxyl groups is 2. The van der Waals surface area contributed by atoms with Crippen molar-refractivity contribution in [1.29, 1.82) is 0 Å². The summed E-state index contributed by atoms with van der Waals surface area (Å²) in [5.74, 6) is 0.893. The minimum absolute atomic E-state index is 0.0565. The van der Waals surface area contributed by atoms with Crippen molar-refractivity contribution in [2.24, 2.45) is 22.7 Å². The summed E-state index contributed by atoms with van der Waals surface area (Å²) in [7, 11) is 0. The van der Waals surface area contributed by atoms with Gasteiger partial charge >= 0.3 is 5.63 Å². The van der Waals surface area contributed by atoms with Crippen LogP contribution in [0.25, 0.3) is 11.0 Å². The lowest BCUT2D eigenvalue weighted by Crippen LogP contribution is -2.61. The Morgan fingerprint density at radius 1 is 1.10 bits per heavy atom. The van der Waals surface area contributed by atoms with Gasteiger partial charge in [-0.2, -0.15) is 0 Å². The minimum atomic E-state index is -0.826. The summed E-state index contributed by atoms with van der Waals surface area (Å²) in [5.41, 5.74) is -1.02. The maximum atomic E-state index is 11.5. The Morgan fingerprint density at radius 2 is 1.83 bits per heavy atom. The Morgan fingerprint density at radius 3 is 2.59 bits per heavy atom. The number of ether oxygens (including phenoxy) is 1. The first-order valence-electron chi connectivity index (χ1n) is 10.6. The molecule has 1 aromatic carbocycles. The van der Waals surface area contributed by atoms with Gasteiger partial charge in [-0.15, -0.1) is 0 Å². The zero-order valence-electron chi connectivity index (χ0n) is 17.8. The molecule has 2 aliphatic carbocycles. The molecule has 0 amide bonds. The highest BCUT2D eigenvalue weighted by molar-refractivity contribution is 5.77. The van der Waals surface area contributed by atoms with Crippen LogP contribution in [0.15, 0.2) is 39.5 Å². The van der Waals surface area contributed by atoms with Crippen LogP contribution in [0.4, 0.5) is 0 Å². The molecule has 2 aromatic rings. The first kappa shape index (κ1) is 20.4. The number of fused-ring (bicyclic) bond motifs is 2.